The van der Waals surface area contributed by atoms with Crippen LogP contribution in [0.4, 0.5) is 0 Å². The molecule has 0 unspecified atom stereocenters. The summed E-state index contributed by atoms with van der Waals surface area (Å²) < 4.78 is 5.31. The molecule has 1 fully saturated rings. The number of benzene rings is 1. The summed E-state index contributed by atoms with van der Waals surface area (Å²) >= 11 is 0. The van der Waals surface area contributed by atoms with Crippen molar-refractivity contribution < 1.29 is 4.74 Å². The van der Waals surface area contributed by atoms with E-state index in [1.165, 1.54) is 12.0 Å². The van der Waals surface area contributed by atoms with E-state index in [0.29, 0.717) is 5.92 Å². The van der Waals surface area contributed by atoms with Crippen molar-refractivity contribution in [3.05, 3.63) is 35.9 Å². The van der Waals surface area contributed by atoms with Gasteiger partial charge in [0, 0.05) is 12.5 Å². The van der Waals surface area contributed by atoms with Gasteiger partial charge in [-0.25, -0.2) is 0 Å². The molecule has 1 nitrogen and oxygen atoms in total. The zero-order chi connectivity index (χ0) is 7.52. The molecule has 58 valence electrons. The molecule has 0 aromatic heterocycles. The molecule has 0 N–H and O–H groups in total. The second-order valence-corrected chi connectivity index (χ2v) is 2.97. The van der Waals surface area contributed by atoms with Crippen LogP contribution in [-0.2, 0) is 4.74 Å². The highest BCUT2D eigenvalue weighted by Crippen LogP contribution is 2.24. The Hall–Kier alpha value is -0.820. The van der Waals surface area contributed by atoms with Crippen molar-refractivity contribution in [3.63, 3.8) is 0 Å². The molecule has 0 aliphatic carbocycles. The van der Waals surface area contributed by atoms with E-state index >= 15 is 0 Å². The van der Waals surface area contributed by atoms with Crippen molar-refractivity contribution >= 4 is 0 Å². The minimum Gasteiger partial charge on any atom is -0.381 e. The lowest BCUT2D eigenvalue weighted by Gasteiger charge is -2.05. The fourth-order valence-electron chi connectivity index (χ4n) is 1.52. The lowest BCUT2D eigenvalue weighted by Crippen LogP contribution is -1.95. The van der Waals surface area contributed by atoms with Crippen LogP contribution in [0.2, 0.25) is 0 Å². The third-order valence-corrected chi connectivity index (χ3v) is 2.20. The highest BCUT2D eigenvalue weighted by atomic mass is 16.5. The molecular formula is C10H12O. The Kier molecular flexibility index (Phi) is 1.91. The van der Waals surface area contributed by atoms with Gasteiger partial charge in [0.25, 0.3) is 0 Å². The Morgan fingerprint density at radius 2 is 2.00 bits per heavy atom. The summed E-state index contributed by atoms with van der Waals surface area (Å²) in [7, 11) is 0. The average Bonchev–Trinajstić information content (AvgIpc) is 2.58. The van der Waals surface area contributed by atoms with Crippen LogP contribution in [0.5, 0.6) is 0 Å². The summed E-state index contributed by atoms with van der Waals surface area (Å²) in [5, 5.41) is 0. The zero-order valence-corrected chi connectivity index (χ0v) is 6.49. The lowest BCUT2D eigenvalue weighted by molar-refractivity contribution is 0.194. The maximum atomic E-state index is 5.31. The third-order valence-electron chi connectivity index (χ3n) is 2.20. The second kappa shape index (κ2) is 3.05. The summed E-state index contributed by atoms with van der Waals surface area (Å²) in [5.74, 6) is 0.649. The normalized spacial score (nSPS) is 23.8. The first kappa shape index (κ1) is 6.86. The van der Waals surface area contributed by atoms with E-state index in [2.05, 4.69) is 30.3 Å². The van der Waals surface area contributed by atoms with Crippen molar-refractivity contribution in [2.75, 3.05) is 13.2 Å². The van der Waals surface area contributed by atoms with E-state index in [0.717, 1.165) is 13.2 Å². The van der Waals surface area contributed by atoms with Gasteiger partial charge < -0.3 is 4.74 Å². The largest absolute Gasteiger partial charge is 0.381 e. The van der Waals surface area contributed by atoms with Crippen molar-refractivity contribution in [1.82, 2.24) is 0 Å². The predicted molar refractivity (Wildman–Crippen MR) is 44.6 cm³/mol. The van der Waals surface area contributed by atoms with E-state index < -0.39 is 0 Å². The minimum atomic E-state index is 0.649. The van der Waals surface area contributed by atoms with Crippen LogP contribution in [-0.4, -0.2) is 13.2 Å². The molecule has 0 amide bonds. The van der Waals surface area contributed by atoms with Crippen LogP contribution in [0.1, 0.15) is 17.9 Å². The molecule has 1 saturated heterocycles. The smallest absolute Gasteiger partial charge is 0.0535 e. The highest BCUT2D eigenvalue weighted by Gasteiger charge is 2.16. The van der Waals surface area contributed by atoms with Gasteiger partial charge in [-0.1, -0.05) is 30.3 Å². The van der Waals surface area contributed by atoms with Gasteiger partial charge in [0.2, 0.25) is 0 Å². The van der Waals surface area contributed by atoms with Crippen LogP contribution >= 0.6 is 0 Å². The van der Waals surface area contributed by atoms with Crippen LogP contribution in [0.3, 0.4) is 0 Å². The molecule has 1 aromatic rings. The molecule has 1 heterocycles. The molecule has 0 bridgehead atoms. The fourth-order valence-corrected chi connectivity index (χ4v) is 1.52. The molecule has 1 heteroatoms. The second-order valence-electron chi connectivity index (χ2n) is 2.97. The van der Waals surface area contributed by atoms with E-state index in [4.69, 9.17) is 4.74 Å². The summed E-state index contributed by atoms with van der Waals surface area (Å²) in [5.41, 5.74) is 1.42. The molecule has 1 atom stereocenters. The van der Waals surface area contributed by atoms with Gasteiger partial charge in [-0.2, -0.15) is 0 Å². The molecule has 1 aliphatic heterocycles. The molecule has 1 aliphatic rings. The standard InChI is InChI=1S/C10H12O/c1-2-4-9(5-3-1)10-6-7-11-8-10/h1-5,10H,6-8H2/t10-/m0/s1. The summed E-state index contributed by atoms with van der Waals surface area (Å²) in [6, 6.07) is 10.6. The number of hydrogen-bond acceptors (Lipinski definition) is 1. The van der Waals surface area contributed by atoms with Crippen LogP contribution < -0.4 is 0 Å². The fraction of sp³-hybridized carbons (Fsp3) is 0.400. The Labute approximate surface area is 67.0 Å². The van der Waals surface area contributed by atoms with E-state index in [-0.39, 0.29) is 0 Å². The van der Waals surface area contributed by atoms with Gasteiger partial charge in [-0.3, -0.25) is 0 Å². The number of hydrogen-bond donors (Lipinski definition) is 0. The van der Waals surface area contributed by atoms with Crippen LogP contribution in [0, 0.1) is 0 Å². The van der Waals surface area contributed by atoms with Gasteiger partial charge in [0.15, 0.2) is 0 Å². The number of ether oxygens (including phenoxy) is 1. The predicted octanol–water partition coefficient (Wildman–Crippen LogP) is 2.19. The molecule has 0 spiro atoms. The maximum absolute atomic E-state index is 5.31. The lowest BCUT2D eigenvalue weighted by atomic mass is 9.99. The van der Waals surface area contributed by atoms with Gasteiger partial charge in [0.1, 0.15) is 0 Å². The molecule has 2 rings (SSSR count). The monoisotopic (exact) mass is 148 g/mol. The van der Waals surface area contributed by atoms with Crippen LogP contribution in [0.15, 0.2) is 30.3 Å². The number of rotatable bonds is 1. The first-order valence-electron chi connectivity index (χ1n) is 4.09. The molecule has 0 saturated carbocycles. The van der Waals surface area contributed by atoms with Gasteiger partial charge in [-0.15, -0.1) is 0 Å². The summed E-state index contributed by atoms with van der Waals surface area (Å²) in [6.45, 7) is 1.84. The minimum absolute atomic E-state index is 0.649. The highest BCUT2D eigenvalue weighted by molar-refractivity contribution is 5.19. The van der Waals surface area contributed by atoms with E-state index in [1.807, 2.05) is 0 Å². The van der Waals surface area contributed by atoms with Gasteiger partial charge >= 0.3 is 0 Å². The molecule has 0 radical (unpaired) electrons. The van der Waals surface area contributed by atoms with E-state index in [1.54, 1.807) is 0 Å². The summed E-state index contributed by atoms with van der Waals surface area (Å²) in [4.78, 5) is 0. The maximum Gasteiger partial charge on any atom is 0.0535 e. The Morgan fingerprint density at radius 1 is 1.18 bits per heavy atom. The Morgan fingerprint density at radius 3 is 2.64 bits per heavy atom. The third kappa shape index (κ3) is 1.43. The average molecular weight is 148 g/mol. The van der Waals surface area contributed by atoms with E-state index in [9.17, 15) is 0 Å². The van der Waals surface area contributed by atoms with Crippen molar-refractivity contribution in [2.45, 2.75) is 12.3 Å². The van der Waals surface area contributed by atoms with Gasteiger partial charge in [0.05, 0.1) is 6.61 Å². The molecular weight excluding hydrogens is 136 g/mol. The van der Waals surface area contributed by atoms with Crippen molar-refractivity contribution in [1.29, 1.82) is 0 Å². The Balaban J connectivity index is 2.16. The quantitative estimate of drug-likeness (QED) is 0.593. The molecule has 11 heavy (non-hydrogen) atoms. The molecule has 1 aromatic carbocycles. The zero-order valence-electron chi connectivity index (χ0n) is 6.49. The topological polar surface area (TPSA) is 9.23 Å². The SMILES string of the molecule is c1ccc([C@H]2CCOC2)cc1. The summed E-state index contributed by atoms with van der Waals surface area (Å²) in [6.07, 6.45) is 1.18. The van der Waals surface area contributed by atoms with Crippen LogP contribution in [0.25, 0.3) is 0 Å². The first-order valence-corrected chi connectivity index (χ1v) is 4.09. The van der Waals surface area contributed by atoms with Crippen molar-refractivity contribution in [2.24, 2.45) is 0 Å². The Bertz CT molecular complexity index is 212. The van der Waals surface area contributed by atoms with Crippen molar-refractivity contribution in [3.8, 4) is 0 Å². The first-order chi connectivity index (χ1) is 5.47. The van der Waals surface area contributed by atoms with Gasteiger partial charge in [-0.05, 0) is 12.0 Å².